The Kier molecular flexibility index (Phi) is 3.26. The predicted octanol–water partition coefficient (Wildman–Crippen LogP) is -0.729. The second-order valence-corrected chi connectivity index (χ2v) is 5.24. The highest BCUT2D eigenvalue weighted by atomic mass is 32.2. The first-order chi connectivity index (χ1) is 8.49. The van der Waals surface area contributed by atoms with Gasteiger partial charge in [0.15, 0.2) is 10.9 Å². The lowest BCUT2D eigenvalue weighted by Crippen LogP contribution is -2.25. The number of aromatic nitrogens is 4. The third-order valence-corrected chi connectivity index (χ3v) is 3.50. The number of nitrogens with one attached hydrogen (secondary N) is 1. The number of aryl methyl sites for hydroxylation is 1. The van der Waals surface area contributed by atoms with Crippen molar-refractivity contribution in [2.45, 2.75) is 11.6 Å². The van der Waals surface area contributed by atoms with Crippen LogP contribution in [0.1, 0.15) is 5.82 Å². The summed E-state index contributed by atoms with van der Waals surface area (Å²) in [6.45, 7) is -0.0147. The van der Waals surface area contributed by atoms with Gasteiger partial charge in [0.2, 0.25) is 0 Å². The van der Waals surface area contributed by atoms with Crippen molar-refractivity contribution in [2.75, 3.05) is 5.73 Å². The largest absolute Gasteiger partial charge is 0.396 e. The molecule has 0 unspecified atom stereocenters. The number of sulfonamides is 1. The minimum atomic E-state index is -3.76. The lowest BCUT2D eigenvalue weighted by molar-refractivity contribution is 0.575. The molecule has 0 aliphatic heterocycles. The molecule has 96 valence electrons. The van der Waals surface area contributed by atoms with E-state index in [2.05, 4.69) is 19.8 Å². The van der Waals surface area contributed by atoms with E-state index < -0.39 is 10.0 Å². The van der Waals surface area contributed by atoms with Crippen LogP contribution in [0.3, 0.4) is 0 Å². The maximum atomic E-state index is 11.9. The summed E-state index contributed by atoms with van der Waals surface area (Å²) >= 11 is 0. The first-order valence-corrected chi connectivity index (χ1v) is 6.52. The second kappa shape index (κ2) is 4.70. The van der Waals surface area contributed by atoms with Gasteiger partial charge in [0.25, 0.3) is 10.0 Å². The molecule has 8 nitrogen and oxygen atoms in total. The van der Waals surface area contributed by atoms with Crippen LogP contribution in [0.5, 0.6) is 0 Å². The second-order valence-electron chi connectivity index (χ2n) is 3.56. The van der Waals surface area contributed by atoms with E-state index in [4.69, 9.17) is 5.73 Å². The molecule has 0 fully saturated rings. The monoisotopic (exact) mass is 268 g/mol. The Balaban J connectivity index is 2.16. The fourth-order valence-corrected chi connectivity index (χ4v) is 2.35. The lowest BCUT2D eigenvalue weighted by atomic mass is 10.4. The summed E-state index contributed by atoms with van der Waals surface area (Å²) in [5, 5.41) is 3.76. The Hall–Kier alpha value is -2.00. The van der Waals surface area contributed by atoms with Gasteiger partial charge in [-0.1, -0.05) is 0 Å². The lowest BCUT2D eigenvalue weighted by Gasteiger charge is -2.05. The number of nitrogens with two attached hydrogens (primary N) is 1. The number of nitrogen functional groups attached to an aromatic ring is 1. The summed E-state index contributed by atoms with van der Waals surface area (Å²) in [4.78, 5) is 7.65. The smallest absolute Gasteiger partial charge is 0.260 e. The molecular weight excluding hydrogens is 256 g/mol. The Morgan fingerprint density at radius 2 is 2.22 bits per heavy atom. The molecule has 0 aromatic carbocycles. The van der Waals surface area contributed by atoms with Gasteiger partial charge < -0.3 is 5.73 Å². The van der Waals surface area contributed by atoms with Crippen LogP contribution in [0.15, 0.2) is 29.7 Å². The third kappa shape index (κ3) is 2.63. The van der Waals surface area contributed by atoms with Gasteiger partial charge in [0, 0.05) is 13.2 Å². The van der Waals surface area contributed by atoms with E-state index in [1.165, 1.54) is 23.3 Å². The normalized spacial score (nSPS) is 11.6. The van der Waals surface area contributed by atoms with E-state index in [0.29, 0.717) is 5.82 Å². The summed E-state index contributed by atoms with van der Waals surface area (Å²) < 4.78 is 27.7. The number of pyridine rings is 1. The Labute approximate surface area is 104 Å². The number of hydrogen-bond acceptors (Lipinski definition) is 6. The molecule has 2 aromatic heterocycles. The van der Waals surface area contributed by atoms with Crippen molar-refractivity contribution in [2.24, 2.45) is 7.05 Å². The predicted molar refractivity (Wildman–Crippen MR) is 63.7 cm³/mol. The Morgan fingerprint density at radius 3 is 2.83 bits per heavy atom. The molecule has 0 radical (unpaired) electrons. The van der Waals surface area contributed by atoms with Gasteiger partial charge in [-0.15, -0.1) is 0 Å². The molecule has 2 aromatic rings. The average Bonchev–Trinajstić information content (AvgIpc) is 2.73. The molecule has 0 bridgehead atoms. The van der Waals surface area contributed by atoms with E-state index in [1.54, 1.807) is 13.1 Å². The molecule has 0 atom stereocenters. The van der Waals surface area contributed by atoms with Crippen molar-refractivity contribution >= 4 is 15.7 Å². The van der Waals surface area contributed by atoms with Crippen LogP contribution in [0.4, 0.5) is 5.69 Å². The van der Waals surface area contributed by atoms with Crippen molar-refractivity contribution in [3.8, 4) is 0 Å². The van der Waals surface area contributed by atoms with Gasteiger partial charge >= 0.3 is 0 Å². The van der Waals surface area contributed by atoms with Crippen molar-refractivity contribution in [1.29, 1.82) is 0 Å². The van der Waals surface area contributed by atoms with E-state index in [1.807, 2.05) is 0 Å². The zero-order valence-electron chi connectivity index (χ0n) is 9.61. The molecule has 18 heavy (non-hydrogen) atoms. The van der Waals surface area contributed by atoms with Crippen molar-refractivity contribution in [1.82, 2.24) is 24.5 Å². The molecular formula is C9H12N6O2S. The van der Waals surface area contributed by atoms with Gasteiger partial charge in [0.1, 0.15) is 6.33 Å². The Morgan fingerprint density at radius 1 is 1.44 bits per heavy atom. The van der Waals surface area contributed by atoms with Crippen LogP contribution in [0, 0.1) is 0 Å². The molecule has 0 aliphatic rings. The van der Waals surface area contributed by atoms with Gasteiger partial charge in [-0.2, -0.15) is 5.10 Å². The van der Waals surface area contributed by atoms with Gasteiger partial charge in [-0.05, 0) is 12.1 Å². The number of hydrogen-bond donors (Lipinski definition) is 2. The fraction of sp³-hybridized carbons (Fsp3) is 0.222. The SMILES string of the molecule is Cn1cnc(CNS(=O)(=O)c2ncccc2N)n1. The molecule has 0 saturated heterocycles. The summed E-state index contributed by atoms with van der Waals surface area (Å²) in [7, 11) is -2.06. The number of nitrogens with zero attached hydrogens (tertiary/aromatic N) is 4. The van der Waals surface area contributed by atoms with Crippen LogP contribution in [-0.2, 0) is 23.6 Å². The first kappa shape index (κ1) is 12.5. The zero-order chi connectivity index (χ0) is 13.2. The summed E-state index contributed by atoms with van der Waals surface area (Å²) in [6.07, 6.45) is 2.85. The maximum absolute atomic E-state index is 11.9. The Bertz CT molecular complexity index is 651. The van der Waals surface area contributed by atoms with Crippen LogP contribution < -0.4 is 10.5 Å². The fourth-order valence-electron chi connectivity index (χ4n) is 1.32. The molecule has 3 N–H and O–H groups in total. The quantitative estimate of drug-likeness (QED) is 0.755. The van der Waals surface area contributed by atoms with Crippen LogP contribution >= 0.6 is 0 Å². The third-order valence-electron chi connectivity index (χ3n) is 2.12. The molecule has 0 saturated carbocycles. The topological polar surface area (TPSA) is 116 Å². The highest BCUT2D eigenvalue weighted by Gasteiger charge is 2.18. The van der Waals surface area contributed by atoms with E-state index in [0.717, 1.165) is 0 Å². The molecule has 0 aliphatic carbocycles. The summed E-state index contributed by atoms with van der Waals surface area (Å²) in [5.74, 6) is 0.371. The van der Waals surface area contributed by atoms with Crippen LogP contribution in [-0.4, -0.2) is 28.2 Å². The van der Waals surface area contributed by atoms with Gasteiger partial charge in [-0.25, -0.2) is 23.1 Å². The molecule has 2 rings (SSSR count). The standard InChI is InChI=1S/C9H12N6O2S/c1-15-6-12-8(14-15)5-13-18(16,17)9-7(10)3-2-4-11-9/h2-4,6,13H,5,10H2,1H3. The average molecular weight is 268 g/mol. The number of rotatable bonds is 4. The van der Waals surface area contributed by atoms with Gasteiger partial charge in [-0.3, -0.25) is 4.68 Å². The van der Waals surface area contributed by atoms with E-state index in [-0.39, 0.29) is 17.3 Å². The van der Waals surface area contributed by atoms with Crippen LogP contribution in [0.25, 0.3) is 0 Å². The molecule has 2 heterocycles. The van der Waals surface area contributed by atoms with Gasteiger partial charge in [0.05, 0.1) is 12.2 Å². The summed E-state index contributed by atoms with van der Waals surface area (Å²) in [5.41, 5.74) is 5.66. The molecule has 0 amide bonds. The van der Waals surface area contributed by atoms with E-state index >= 15 is 0 Å². The molecule has 0 spiro atoms. The van der Waals surface area contributed by atoms with Crippen LogP contribution in [0.2, 0.25) is 0 Å². The van der Waals surface area contributed by atoms with Crippen molar-refractivity contribution in [3.63, 3.8) is 0 Å². The highest BCUT2D eigenvalue weighted by Crippen LogP contribution is 2.13. The number of anilines is 1. The highest BCUT2D eigenvalue weighted by molar-refractivity contribution is 7.89. The van der Waals surface area contributed by atoms with Crippen molar-refractivity contribution in [3.05, 3.63) is 30.5 Å². The minimum absolute atomic E-state index is 0.0147. The minimum Gasteiger partial charge on any atom is -0.396 e. The summed E-state index contributed by atoms with van der Waals surface area (Å²) in [6, 6.07) is 3.04. The van der Waals surface area contributed by atoms with Crippen molar-refractivity contribution < 1.29 is 8.42 Å². The van der Waals surface area contributed by atoms with E-state index in [9.17, 15) is 8.42 Å². The first-order valence-electron chi connectivity index (χ1n) is 5.04. The molecule has 9 heteroatoms. The maximum Gasteiger partial charge on any atom is 0.260 e. The zero-order valence-corrected chi connectivity index (χ0v) is 10.4.